The van der Waals surface area contributed by atoms with Crippen molar-refractivity contribution in [2.75, 3.05) is 12.4 Å². The Morgan fingerprint density at radius 3 is 2.45 bits per heavy atom. The van der Waals surface area contributed by atoms with Crippen molar-refractivity contribution in [2.45, 2.75) is 6.92 Å². The van der Waals surface area contributed by atoms with Crippen LogP contribution in [0.3, 0.4) is 0 Å². The van der Waals surface area contributed by atoms with Crippen LogP contribution in [-0.2, 0) is 11.8 Å². The molecule has 7 heteroatoms. The van der Waals surface area contributed by atoms with Crippen molar-refractivity contribution < 1.29 is 19.1 Å². The number of nitrogens with one attached hydrogen (secondary N) is 2. The number of hydrogen-bond donors (Lipinski definition) is 2. The molecule has 0 unspecified atom stereocenters. The quantitative estimate of drug-likeness (QED) is 0.499. The minimum atomic E-state index is -0.433. The summed E-state index contributed by atoms with van der Waals surface area (Å²) < 4.78 is 7.50. The fourth-order valence-electron chi connectivity index (χ4n) is 4.42. The fourth-order valence-corrected chi connectivity index (χ4v) is 4.42. The minimum Gasteiger partial charge on any atom is -0.496 e. The monoisotopic (exact) mass is 413 g/mol. The molecule has 0 radical (unpaired) electrons. The number of anilines is 1. The van der Waals surface area contributed by atoms with Gasteiger partial charge in [-0.3, -0.25) is 19.7 Å². The Kier molecular flexibility index (Phi) is 4.08. The van der Waals surface area contributed by atoms with Crippen LogP contribution in [0, 0.1) is 0 Å². The zero-order chi connectivity index (χ0) is 21.9. The van der Waals surface area contributed by atoms with Crippen molar-refractivity contribution in [1.82, 2.24) is 9.88 Å². The summed E-state index contributed by atoms with van der Waals surface area (Å²) in [5.74, 6) is -0.434. The van der Waals surface area contributed by atoms with Crippen LogP contribution in [0.5, 0.6) is 5.75 Å². The largest absolute Gasteiger partial charge is 0.496 e. The summed E-state index contributed by atoms with van der Waals surface area (Å²) in [7, 11) is 3.49. The second-order valence-electron chi connectivity index (χ2n) is 7.52. The number of ether oxygens (including phenoxy) is 1. The molecule has 3 amide bonds. The van der Waals surface area contributed by atoms with Crippen LogP contribution in [-0.4, -0.2) is 29.4 Å². The molecule has 0 bridgehead atoms. The molecule has 1 aliphatic heterocycles. The van der Waals surface area contributed by atoms with Gasteiger partial charge in [-0.05, 0) is 30.3 Å². The van der Waals surface area contributed by atoms with Gasteiger partial charge in [0, 0.05) is 47.1 Å². The Morgan fingerprint density at radius 1 is 0.968 bits per heavy atom. The number of aryl methyl sites for hydroxylation is 1. The van der Waals surface area contributed by atoms with E-state index in [2.05, 4.69) is 10.6 Å². The number of amides is 3. The molecule has 4 aromatic rings. The van der Waals surface area contributed by atoms with Gasteiger partial charge in [-0.1, -0.05) is 18.2 Å². The van der Waals surface area contributed by atoms with Gasteiger partial charge in [0.1, 0.15) is 5.75 Å². The molecule has 5 rings (SSSR count). The molecule has 0 saturated carbocycles. The second-order valence-corrected chi connectivity index (χ2v) is 7.52. The highest BCUT2D eigenvalue weighted by molar-refractivity contribution is 6.32. The predicted molar refractivity (Wildman–Crippen MR) is 119 cm³/mol. The van der Waals surface area contributed by atoms with E-state index in [4.69, 9.17) is 4.74 Å². The van der Waals surface area contributed by atoms with Gasteiger partial charge in [0.2, 0.25) is 5.91 Å². The average Bonchev–Trinajstić information content (AvgIpc) is 3.20. The van der Waals surface area contributed by atoms with E-state index in [0.29, 0.717) is 33.5 Å². The van der Waals surface area contributed by atoms with Crippen LogP contribution >= 0.6 is 0 Å². The number of nitrogens with zero attached hydrogens (tertiary/aromatic N) is 1. The molecular weight excluding hydrogens is 394 g/mol. The fraction of sp³-hybridized carbons (Fsp3) is 0.125. The first-order chi connectivity index (χ1) is 14.9. The molecule has 3 aromatic carbocycles. The van der Waals surface area contributed by atoms with E-state index in [0.717, 1.165) is 22.0 Å². The van der Waals surface area contributed by atoms with E-state index in [1.807, 2.05) is 60.1 Å². The summed E-state index contributed by atoms with van der Waals surface area (Å²) in [4.78, 5) is 37.3. The summed E-state index contributed by atoms with van der Waals surface area (Å²) in [6.07, 6.45) is 0. The lowest BCUT2D eigenvalue weighted by Gasteiger charge is -2.12. The molecule has 7 nitrogen and oxygen atoms in total. The first-order valence-corrected chi connectivity index (χ1v) is 9.76. The lowest BCUT2D eigenvalue weighted by Crippen LogP contribution is -2.20. The molecular formula is C24H19N3O4. The van der Waals surface area contributed by atoms with E-state index >= 15 is 0 Å². The molecule has 0 fully saturated rings. The maximum atomic E-state index is 12.9. The summed E-state index contributed by atoms with van der Waals surface area (Å²) in [6, 6.07) is 14.9. The van der Waals surface area contributed by atoms with Crippen LogP contribution < -0.4 is 15.4 Å². The van der Waals surface area contributed by atoms with Crippen molar-refractivity contribution >= 4 is 45.2 Å². The summed E-state index contributed by atoms with van der Waals surface area (Å²) in [5.41, 5.74) is 4.36. The van der Waals surface area contributed by atoms with Gasteiger partial charge in [-0.2, -0.15) is 0 Å². The Morgan fingerprint density at radius 2 is 1.71 bits per heavy atom. The second kappa shape index (κ2) is 6.70. The highest BCUT2D eigenvalue weighted by atomic mass is 16.5. The smallest absolute Gasteiger partial charge is 0.259 e. The molecule has 0 spiro atoms. The molecule has 0 atom stereocenters. The maximum Gasteiger partial charge on any atom is 0.259 e. The minimum absolute atomic E-state index is 0.184. The Balaban J connectivity index is 1.93. The molecule has 0 aliphatic carbocycles. The molecule has 154 valence electrons. The third-order valence-electron chi connectivity index (χ3n) is 5.69. The average molecular weight is 413 g/mol. The third-order valence-corrected chi connectivity index (χ3v) is 5.69. The van der Waals surface area contributed by atoms with Crippen LogP contribution in [0.4, 0.5) is 5.69 Å². The topological polar surface area (TPSA) is 89.4 Å². The predicted octanol–water partition coefficient (Wildman–Crippen LogP) is 3.85. The van der Waals surface area contributed by atoms with Gasteiger partial charge in [-0.25, -0.2) is 0 Å². The number of imide groups is 1. The van der Waals surface area contributed by atoms with Crippen molar-refractivity contribution in [3.63, 3.8) is 0 Å². The SMILES string of the molecule is COc1ccccc1-c1cc2c(c3c1C(=O)NC3=O)c1cc(NC(C)=O)ccc1n2C. The van der Waals surface area contributed by atoms with E-state index < -0.39 is 11.8 Å². The lowest BCUT2D eigenvalue weighted by molar-refractivity contribution is -0.114. The standard InChI is InChI=1S/C24H19N3O4/c1-12(28)25-13-8-9-17-16(10-13)20-18(27(17)2)11-15(14-6-4-5-7-19(14)31-3)21-22(20)24(30)26-23(21)29/h4-11H,1-3H3,(H,25,28)(H,26,29,30). The number of methoxy groups -OCH3 is 1. The van der Waals surface area contributed by atoms with Crippen LogP contribution in [0.2, 0.25) is 0 Å². The number of fused-ring (bicyclic) bond motifs is 5. The van der Waals surface area contributed by atoms with Gasteiger partial charge in [-0.15, -0.1) is 0 Å². The molecule has 0 saturated heterocycles. The normalized spacial score (nSPS) is 12.9. The van der Waals surface area contributed by atoms with E-state index in [-0.39, 0.29) is 5.91 Å². The van der Waals surface area contributed by atoms with Crippen molar-refractivity contribution in [1.29, 1.82) is 0 Å². The maximum absolute atomic E-state index is 12.9. The lowest BCUT2D eigenvalue weighted by atomic mass is 9.92. The Labute approximate surface area is 177 Å². The van der Waals surface area contributed by atoms with E-state index in [1.165, 1.54) is 6.92 Å². The number of hydrogen-bond acceptors (Lipinski definition) is 4. The van der Waals surface area contributed by atoms with Crippen molar-refractivity contribution in [3.8, 4) is 16.9 Å². The van der Waals surface area contributed by atoms with Crippen molar-refractivity contribution in [3.05, 3.63) is 59.7 Å². The number of aromatic nitrogens is 1. The third kappa shape index (κ3) is 2.70. The number of rotatable bonds is 3. The van der Waals surface area contributed by atoms with Crippen molar-refractivity contribution in [2.24, 2.45) is 7.05 Å². The van der Waals surface area contributed by atoms with Gasteiger partial charge in [0.25, 0.3) is 11.8 Å². The van der Waals surface area contributed by atoms with Gasteiger partial charge in [0.15, 0.2) is 0 Å². The Hall–Kier alpha value is -4.13. The first-order valence-electron chi connectivity index (χ1n) is 9.76. The van der Waals surface area contributed by atoms with Gasteiger partial charge >= 0.3 is 0 Å². The molecule has 1 aliphatic rings. The summed E-state index contributed by atoms with van der Waals surface area (Å²) in [6.45, 7) is 1.44. The van der Waals surface area contributed by atoms with Crippen LogP contribution in [0.15, 0.2) is 48.5 Å². The first kappa shape index (κ1) is 18.9. The number of carbonyl (C=O) groups excluding carboxylic acids is 3. The Bertz CT molecular complexity index is 1450. The van der Waals surface area contributed by atoms with Gasteiger partial charge < -0.3 is 14.6 Å². The molecule has 2 N–H and O–H groups in total. The number of benzene rings is 3. The molecule has 1 aromatic heterocycles. The molecule has 2 heterocycles. The summed E-state index contributed by atoms with van der Waals surface area (Å²) in [5, 5.41) is 6.69. The van der Waals surface area contributed by atoms with Crippen LogP contribution in [0.25, 0.3) is 32.9 Å². The zero-order valence-electron chi connectivity index (χ0n) is 17.2. The van der Waals surface area contributed by atoms with Gasteiger partial charge in [0.05, 0.1) is 23.8 Å². The highest BCUT2D eigenvalue weighted by Gasteiger charge is 2.34. The zero-order valence-corrected chi connectivity index (χ0v) is 17.2. The number of para-hydroxylation sites is 1. The molecule has 31 heavy (non-hydrogen) atoms. The van der Waals surface area contributed by atoms with E-state index in [9.17, 15) is 14.4 Å². The van der Waals surface area contributed by atoms with Crippen LogP contribution in [0.1, 0.15) is 27.6 Å². The number of carbonyl (C=O) groups is 3. The highest BCUT2D eigenvalue weighted by Crippen LogP contribution is 2.42. The van der Waals surface area contributed by atoms with E-state index in [1.54, 1.807) is 7.11 Å². The summed E-state index contributed by atoms with van der Waals surface area (Å²) >= 11 is 0.